The molecule has 1 heterocycles. The lowest BCUT2D eigenvalue weighted by atomic mass is 10.2. The fourth-order valence-electron chi connectivity index (χ4n) is 1.40. The first kappa shape index (κ1) is 10.4. The van der Waals surface area contributed by atoms with Crippen LogP contribution in [0, 0.1) is 6.92 Å². The molecule has 0 aliphatic rings. The summed E-state index contributed by atoms with van der Waals surface area (Å²) in [5.74, 6) is 1.23. The highest BCUT2D eigenvalue weighted by molar-refractivity contribution is 5.46. The Bertz CT molecular complexity index is 468. The van der Waals surface area contributed by atoms with Gasteiger partial charge >= 0.3 is 0 Å². The molecule has 82 valence electrons. The van der Waals surface area contributed by atoms with Crippen LogP contribution in [0.3, 0.4) is 0 Å². The zero-order valence-corrected chi connectivity index (χ0v) is 9.14. The lowest BCUT2D eigenvalue weighted by Crippen LogP contribution is -2.06. The van der Waals surface area contributed by atoms with Crippen molar-refractivity contribution in [3.05, 3.63) is 47.9 Å². The van der Waals surface area contributed by atoms with Gasteiger partial charge in [0.15, 0.2) is 0 Å². The predicted molar refractivity (Wildman–Crippen MR) is 65.0 cm³/mol. The van der Waals surface area contributed by atoms with Crippen LogP contribution in [0.25, 0.3) is 0 Å². The molecule has 0 fully saturated rings. The van der Waals surface area contributed by atoms with Gasteiger partial charge in [0.05, 0.1) is 0 Å². The van der Waals surface area contributed by atoms with Crippen molar-refractivity contribution < 1.29 is 0 Å². The fraction of sp³-hybridized carbons (Fsp3) is 0.167. The van der Waals surface area contributed by atoms with E-state index < -0.39 is 0 Å². The predicted octanol–water partition coefficient (Wildman–Crippen LogP) is 1.98. The Morgan fingerprint density at radius 1 is 1.25 bits per heavy atom. The zero-order valence-electron chi connectivity index (χ0n) is 9.14. The number of rotatable bonds is 3. The van der Waals surface area contributed by atoms with E-state index in [1.54, 1.807) is 6.20 Å². The van der Waals surface area contributed by atoms with Crippen molar-refractivity contribution in [2.24, 2.45) is 0 Å². The lowest BCUT2D eigenvalue weighted by molar-refractivity contribution is 1.00. The lowest BCUT2D eigenvalue weighted by Gasteiger charge is -2.07. The minimum atomic E-state index is 0.538. The third kappa shape index (κ3) is 2.48. The van der Waals surface area contributed by atoms with E-state index >= 15 is 0 Å². The number of benzene rings is 1. The highest BCUT2D eigenvalue weighted by Gasteiger charge is 2.01. The van der Waals surface area contributed by atoms with Crippen molar-refractivity contribution in [3.8, 4) is 0 Å². The van der Waals surface area contributed by atoms with Crippen molar-refractivity contribution in [1.82, 2.24) is 9.97 Å². The number of nitrogen functional groups attached to an aromatic ring is 1. The van der Waals surface area contributed by atoms with Crippen molar-refractivity contribution in [2.45, 2.75) is 13.5 Å². The van der Waals surface area contributed by atoms with E-state index in [1.807, 2.05) is 37.3 Å². The molecule has 0 bridgehead atoms. The quantitative estimate of drug-likeness (QED) is 0.820. The molecule has 0 saturated carbocycles. The van der Waals surface area contributed by atoms with Crippen LogP contribution in [-0.4, -0.2) is 9.97 Å². The topological polar surface area (TPSA) is 63.8 Å². The molecule has 1 aromatic carbocycles. The first-order valence-corrected chi connectivity index (χ1v) is 5.12. The molecular formula is C12H14N4. The molecule has 16 heavy (non-hydrogen) atoms. The van der Waals surface area contributed by atoms with Crippen LogP contribution in [0.2, 0.25) is 0 Å². The summed E-state index contributed by atoms with van der Waals surface area (Å²) in [7, 11) is 0. The molecule has 4 nitrogen and oxygen atoms in total. The number of aromatic nitrogens is 2. The van der Waals surface area contributed by atoms with Crippen LogP contribution in [0.5, 0.6) is 0 Å². The second-order valence-corrected chi connectivity index (χ2v) is 3.55. The van der Waals surface area contributed by atoms with Gasteiger partial charge in [0, 0.05) is 24.0 Å². The van der Waals surface area contributed by atoms with Crippen LogP contribution in [0.15, 0.2) is 36.5 Å². The van der Waals surface area contributed by atoms with Crippen LogP contribution in [-0.2, 0) is 6.54 Å². The average molecular weight is 214 g/mol. The van der Waals surface area contributed by atoms with Crippen LogP contribution >= 0.6 is 0 Å². The molecule has 0 atom stereocenters. The van der Waals surface area contributed by atoms with Crippen molar-refractivity contribution >= 4 is 11.5 Å². The first-order valence-electron chi connectivity index (χ1n) is 5.12. The van der Waals surface area contributed by atoms with E-state index in [0.717, 1.165) is 11.3 Å². The molecular weight excluding hydrogens is 200 g/mol. The Balaban J connectivity index is 2.05. The number of nitrogens with one attached hydrogen (secondary N) is 1. The SMILES string of the molecule is Cc1ncc(CNc2ccccc2)c(N)n1. The summed E-state index contributed by atoms with van der Waals surface area (Å²) in [5, 5.41) is 3.26. The minimum Gasteiger partial charge on any atom is -0.383 e. The summed E-state index contributed by atoms with van der Waals surface area (Å²) in [6, 6.07) is 9.96. The molecule has 1 aromatic heterocycles. The Morgan fingerprint density at radius 2 is 2.00 bits per heavy atom. The first-order chi connectivity index (χ1) is 7.75. The molecule has 0 saturated heterocycles. The van der Waals surface area contributed by atoms with Gasteiger partial charge < -0.3 is 11.1 Å². The molecule has 3 N–H and O–H groups in total. The zero-order chi connectivity index (χ0) is 11.4. The summed E-state index contributed by atoms with van der Waals surface area (Å²) >= 11 is 0. The van der Waals surface area contributed by atoms with Gasteiger partial charge in [-0.05, 0) is 19.1 Å². The molecule has 0 radical (unpaired) electrons. The second-order valence-electron chi connectivity index (χ2n) is 3.55. The summed E-state index contributed by atoms with van der Waals surface area (Å²) in [4.78, 5) is 8.23. The summed E-state index contributed by atoms with van der Waals surface area (Å²) in [6.45, 7) is 2.46. The van der Waals surface area contributed by atoms with Gasteiger partial charge in [0.2, 0.25) is 0 Å². The Labute approximate surface area is 94.5 Å². The van der Waals surface area contributed by atoms with E-state index in [-0.39, 0.29) is 0 Å². The number of anilines is 2. The van der Waals surface area contributed by atoms with Crippen LogP contribution in [0.4, 0.5) is 11.5 Å². The highest BCUT2D eigenvalue weighted by Crippen LogP contribution is 2.11. The number of hydrogen-bond acceptors (Lipinski definition) is 4. The van der Waals surface area contributed by atoms with Crippen molar-refractivity contribution in [1.29, 1.82) is 0 Å². The molecule has 0 aliphatic heterocycles. The van der Waals surface area contributed by atoms with E-state index in [4.69, 9.17) is 5.73 Å². The standard InChI is InChI=1S/C12H14N4/c1-9-14-7-10(12(13)16-9)8-15-11-5-3-2-4-6-11/h2-7,15H,8H2,1H3,(H2,13,14,16). The van der Waals surface area contributed by atoms with Gasteiger partial charge in [0.25, 0.3) is 0 Å². The fourth-order valence-corrected chi connectivity index (χ4v) is 1.40. The summed E-state index contributed by atoms with van der Waals surface area (Å²) < 4.78 is 0. The number of aryl methyl sites for hydroxylation is 1. The maximum atomic E-state index is 5.79. The molecule has 0 unspecified atom stereocenters. The van der Waals surface area contributed by atoms with Gasteiger partial charge in [-0.2, -0.15) is 0 Å². The molecule has 0 aliphatic carbocycles. The Morgan fingerprint density at radius 3 is 2.69 bits per heavy atom. The monoisotopic (exact) mass is 214 g/mol. The third-order valence-corrected chi connectivity index (χ3v) is 2.28. The maximum absolute atomic E-state index is 5.79. The largest absolute Gasteiger partial charge is 0.383 e. The normalized spacial score (nSPS) is 10.1. The average Bonchev–Trinajstić information content (AvgIpc) is 2.29. The summed E-state index contributed by atoms with van der Waals surface area (Å²) in [5.41, 5.74) is 7.76. The van der Waals surface area contributed by atoms with E-state index in [9.17, 15) is 0 Å². The second kappa shape index (κ2) is 4.61. The highest BCUT2D eigenvalue weighted by atomic mass is 15.0. The molecule has 2 rings (SSSR count). The van der Waals surface area contributed by atoms with Crippen molar-refractivity contribution in [3.63, 3.8) is 0 Å². The summed E-state index contributed by atoms with van der Waals surface area (Å²) in [6.07, 6.45) is 1.76. The van der Waals surface area contributed by atoms with E-state index in [2.05, 4.69) is 15.3 Å². The number of nitrogens with two attached hydrogens (primary N) is 1. The molecule has 2 aromatic rings. The molecule has 4 heteroatoms. The van der Waals surface area contributed by atoms with Gasteiger partial charge in [0.1, 0.15) is 11.6 Å². The van der Waals surface area contributed by atoms with Gasteiger partial charge in [-0.15, -0.1) is 0 Å². The van der Waals surface area contributed by atoms with Gasteiger partial charge in [-0.3, -0.25) is 0 Å². The van der Waals surface area contributed by atoms with Crippen molar-refractivity contribution in [2.75, 3.05) is 11.1 Å². The van der Waals surface area contributed by atoms with E-state index in [0.29, 0.717) is 18.2 Å². The third-order valence-electron chi connectivity index (χ3n) is 2.28. The molecule has 0 amide bonds. The van der Waals surface area contributed by atoms with Gasteiger partial charge in [-0.1, -0.05) is 18.2 Å². The van der Waals surface area contributed by atoms with Crippen LogP contribution in [0.1, 0.15) is 11.4 Å². The molecule has 0 spiro atoms. The number of para-hydroxylation sites is 1. The maximum Gasteiger partial charge on any atom is 0.132 e. The van der Waals surface area contributed by atoms with E-state index in [1.165, 1.54) is 0 Å². The Kier molecular flexibility index (Phi) is 3.00. The van der Waals surface area contributed by atoms with Gasteiger partial charge in [-0.25, -0.2) is 9.97 Å². The number of hydrogen-bond donors (Lipinski definition) is 2. The minimum absolute atomic E-state index is 0.538. The smallest absolute Gasteiger partial charge is 0.132 e. The Hall–Kier alpha value is -2.10. The van der Waals surface area contributed by atoms with Crippen LogP contribution < -0.4 is 11.1 Å². The number of nitrogens with zero attached hydrogens (tertiary/aromatic N) is 2.